The molecule has 0 bridgehead atoms. The van der Waals surface area contributed by atoms with Gasteiger partial charge in [-0.15, -0.1) is 0 Å². The van der Waals surface area contributed by atoms with E-state index in [1.165, 1.54) is 11.8 Å². The molecule has 2 N–H and O–H groups in total. The molecule has 0 unspecified atom stereocenters. The fraction of sp³-hybridized carbons (Fsp3) is 0.125. The fourth-order valence-corrected chi connectivity index (χ4v) is 3.33. The maximum atomic E-state index is 12.0. The van der Waals surface area contributed by atoms with E-state index in [0.717, 1.165) is 5.56 Å². The zero-order valence-corrected chi connectivity index (χ0v) is 13.1. The number of rotatable bonds is 3. The largest absolute Gasteiger partial charge is 0.508 e. The normalized spacial score (nSPS) is 19.4. The minimum absolute atomic E-state index is 0.0672. The first kappa shape index (κ1) is 14.9. The highest BCUT2D eigenvalue weighted by molar-refractivity contribution is 8.15. The molecule has 2 aromatic rings. The summed E-state index contributed by atoms with van der Waals surface area (Å²) >= 11 is 7.53. The van der Waals surface area contributed by atoms with Crippen molar-refractivity contribution >= 4 is 40.1 Å². The predicted octanol–water partition coefficient (Wildman–Crippen LogP) is 3.51. The summed E-state index contributed by atoms with van der Waals surface area (Å²) in [6.45, 7) is 0. The lowest BCUT2D eigenvalue weighted by Crippen LogP contribution is -2.26. The highest BCUT2D eigenvalue weighted by atomic mass is 35.5. The van der Waals surface area contributed by atoms with E-state index in [1.54, 1.807) is 24.3 Å². The van der Waals surface area contributed by atoms with E-state index in [9.17, 15) is 9.90 Å². The van der Waals surface area contributed by atoms with Crippen LogP contribution in [0, 0.1) is 0 Å². The van der Waals surface area contributed by atoms with Gasteiger partial charge in [0.15, 0.2) is 5.17 Å². The molecule has 2 aromatic carbocycles. The number of benzene rings is 2. The van der Waals surface area contributed by atoms with Gasteiger partial charge in [0, 0.05) is 5.02 Å². The second-order valence-corrected chi connectivity index (χ2v) is 6.42. The summed E-state index contributed by atoms with van der Waals surface area (Å²) < 4.78 is 0. The van der Waals surface area contributed by atoms with Crippen molar-refractivity contribution in [2.75, 3.05) is 0 Å². The van der Waals surface area contributed by atoms with Crippen LogP contribution >= 0.6 is 23.4 Å². The Morgan fingerprint density at radius 3 is 2.64 bits per heavy atom. The molecule has 1 aliphatic heterocycles. The van der Waals surface area contributed by atoms with Crippen molar-refractivity contribution in [2.24, 2.45) is 4.99 Å². The molecule has 1 fully saturated rings. The molecule has 1 aliphatic rings. The Hall–Kier alpha value is -1.98. The van der Waals surface area contributed by atoms with Gasteiger partial charge in [-0.2, -0.15) is 0 Å². The molecule has 0 spiro atoms. The van der Waals surface area contributed by atoms with E-state index in [1.807, 2.05) is 24.3 Å². The zero-order chi connectivity index (χ0) is 15.5. The van der Waals surface area contributed by atoms with Gasteiger partial charge in [-0.05, 0) is 42.3 Å². The van der Waals surface area contributed by atoms with Crippen molar-refractivity contribution in [1.29, 1.82) is 0 Å². The lowest BCUT2D eigenvalue weighted by molar-refractivity contribution is -0.118. The predicted molar refractivity (Wildman–Crippen MR) is 89.9 cm³/mol. The number of carbonyl (C=O) groups excluding carboxylic acids is 1. The van der Waals surface area contributed by atoms with Gasteiger partial charge in [-0.1, -0.05) is 41.6 Å². The highest BCUT2D eigenvalue weighted by Gasteiger charge is 2.30. The Bertz CT molecular complexity index is 731. The van der Waals surface area contributed by atoms with Crippen molar-refractivity contribution < 1.29 is 9.90 Å². The van der Waals surface area contributed by atoms with Gasteiger partial charge < -0.3 is 10.4 Å². The summed E-state index contributed by atoms with van der Waals surface area (Å²) in [5, 5.41) is 13.0. The standard InChI is InChI=1S/C16H13ClN2O2S/c17-13-4-2-1-3-10(13)9-14-15(21)19-16(22-14)18-11-5-7-12(20)8-6-11/h1-8,14,20H,9H2,(H,18,19,21)/t14-/m1/s1. The maximum absolute atomic E-state index is 12.0. The summed E-state index contributed by atoms with van der Waals surface area (Å²) in [6.07, 6.45) is 0.560. The van der Waals surface area contributed by atoms with Crippen molar-refractivity contribution in [3.8, 4) is 5.75 Å². The van der Waals surface area contributed by atoms with Crippen molar-refractivity contribution in [1.82, 2.24) is 5.32 Å². The van der Waals surface area contributed by atoms with Crippen molar-refractivity contribution in [2.45, 2.75) is 11.7 Å². The second-order valence-electron chi connectivity index (χ2n) is 4.82. The summed E-state index contributed by atoms with van der Waals surface area (Å²) in [7, 11) is 0. The number of carbonyl (C=O) groups is 1. The van der Waals surface area contributed by atoms with Gasteiger partial charge in [0.05, 0.1) is 10.9 Å². The van der Waals surface area contributed by atoms with Crippen LogP contribution in [-0.4, -0.2) is 21.4 Å². The number of amidine groups is 1. The Morgan fingerprint density at radius 1 is 1.18 bits per heavy atom. The van der Waals surface area contributed by atoms with E-state index in [2.05, 4.69) is 10.3 Å². The molecular weight excluding hydrogens is 320 g/mol. The third kappa shape index (κ3) is 3.43. The number of halogens is 1. The number of amides is 1. The van der Waals surface area contributed by atoms with Gasteiger partial charge in [-0.25, -0.2) is 4.99 Å². The number of hydrogen-bond donors (Lipinski definition) is 2. The number of thioether (sulfide) groups is 1. The lowest BCUT2D eigenvalue weighted by Gasteiger charge is -2.06. The van der Waals surface area contributed by atoms with Crippen LogP contribution in [0.4, 0.5) is 5.69 Å². The molecule has 4 nitrogen and oxygen atoms in total. The van der Waals surface area contributed by atoms with Crippen LogP contribution < -0.4 is 5.32 Å². The first-order chi connectivity index (χ1) is 10.6. The molecule has 1 amide bonds. The van der Waals surface area contributed by atoms with Crippen LogP contribution in [0.15, 0.2) is 53.5 Å². The topological polar surface area (TPSA) is 61.7 Å². The van der Waals surface area contributed by atoms with Gasteiger partial charge in [0.2, 0.25) is 5.91 Å². The van der Waals surface area contributed by atoms with E-state index < -0.39 is 0 Å². The smallest absolute Gasteiger partial charge is 0.239 e. The SMILES string of the molecule is O=C1NC(=Nc2ccc(O)cc2)S[C@@H]1Cc1ccccc1Cl. The monoisotopic (exact) mass is 332 g/mol. The summed E-state index contributed by atoms with van der Waals surface area (Å²) in [4.78, 5) is 16.4. The quantitative estimate of drug-likeness (QED) is 0.904. The maximum Gasteiger partial charge on any atom is 0.239 e. The van der Waals surface area contributed by atoms with Gasteiger partial charge in [0.25, 0.3) is 0 Å². The van der Waals surface area contributed by atoms with E-state index in [-0.39, 0.29) is 16.9 Å². The minimum Gasteiger partial charge on any atom is -0.508 e. The van der Waals surface area contributed by atoms with Crippen LogP contribution in [-0.2, 0) is 11.2 Å². The van der Waals surface area contributed by atoms with Crippen LogP contribution in [0.5, 0.6) is 5.75 Å². The molecule has 0 radical (unpaired) electrons. The van der Waals surface area contributed by atoms with Gasteiger partial charge in [0.1, 0.15) is 5.75 Å². The molecule has 3 rings (SSSR count). The van der Waals surface area contributed by atoms with Crippen LogP contribution in [0.2, 0.25) is 5.02 Å². The second kappa shape index (κ2) is 6.42. The first-order valence-corrected chi connectivity index (χ1v) is 7.96. The van der Waals surface area contributed by atoms with E-state index >= 15 is 0 Å². The number of nitrogens with zero attached hydrogens (tertiary/aromatic N) is 1. The Labute approximate surface area is 137 Å². The number of hydrogen-bond acceptors (Lipinski definition) is 4. The summed E-state index contributed by atoms with van der Waals surface area (Å²) in [6, 6.07) is 14.0. The summed E-state index contributed by atoms with van der Waals surface area (Å²) in [5.41, 5.74) is 1.63. The molecule has 0 aromatic heterocycles. The summed E-state index contributed by atoms with van der Waals surface area (Å²) in [5.74, 6) is 0.117. The molecule has 112 valence electrons. The van der Waals surface area contributed by atoms with E-state index in [0.29, 0.717) is 22.3 Å². The number of nitrogens with one attached hydrogen (secondary N) is 1. The molecule has 6 heteroatoms. The highest BCUT2D eigenvalue weighted by Crippen LogP contribution is 2.28. The Balaban J connectivity index is 1.73. The molecule has 22 heavy (non-hydrogen) atoms. The molecular formula is C16H13ClN2O2S. The molecule has 1 atom stereocenters. The van der Waals surface area contributed by atoms with Crippen LogP contribution in [0.25, 0.3) is 0 Å². The van der Waals surface area contributed by atoms with Gasteiger partial charge >= 0.3 is 0 Å². The average Bonchev–Trinajstić information content (AvgIpc) is 2.84. The number of aromatic hydroxyl groups is 1. The van der Waals surface area contributed by atoms with Crippen LogP contribution in [0.3, 0.4) is 0 Å². The number of aliphatic imine (C=N–C) groups is 1. The Morgan fingerprint density at radius 2 is 1.91 bits per heavy atom. The number of phenols is 1. The van der Waals surface area contributed by atoms with Crippen molar-refractivity contribution in [3.05, 3.63) is 59.1 Å². The number of phenolic OH excluding ortho intramolecular Hbond substituents is 1. The van der Waals surface area contributed by atoms with Crippen molar-refractivity contribution in [3.63, 3.8) is 0 Å². The molecule has 0 saturated carbocycles. The fourth-order valence-electron chi connectivity index (χ4n) is 2.10. The lowest BCUT2D eigenvalue weighted by atomic mass is 10.1. The zero-order valence-electron chi connectivity index (χ0n) is 11.5. The molecule has 0 aliphatic carbocycles. The minimum atomic E-state index is -0.240. The third-order valence-electron chi connectivity index (χ3n) is 3.22. The van der Waals surface area contributed by atoms with Gasteiger partial charge in [-0.3, -0.25) is 4.79 Å². The Kier molecular flexibility index (Phi) is 4.36. The van der Waals surface area contributed by atoms with E-state index in [4.69, 9.17) is 11.6 Å². The first-order valence-electron chi connectivity index (χ1n) is 6.70. The molecule has 1 heterocycles. The average molecular weight is 333 g/mol. The van der Waals surface area contributed by atoms with Crippen LogP contribution in [0.1, 0.15) is 5.56 Å². The third-order valence-corrected chi connectivity index (χ3v) is 4.67. The molecule has 1 saturated heterocycles.